The Morgan fingerprint density at radius 3 is 2.61 bits per heavy atom. The van der Waals surface area contributed by atoms with E-state index >= 15 is 0 Å². The number of benzene rings is 1. The van der Waals surface area contributed by atoms with Gasteiger partial charge in [0, 0.05) is 11.3 Å². The Labute approximate surface area is 219 Å². The summed E-state index contributed by atoms with van der Waals surface area (Å²) in [6.45, 7) is 15.4. The van der Waals surface area contributed by atoms with Crippen molar-refractivity contribution in [1.82, 2.24) is 29.2 Å². The molecule has 0 aliphatic rings. The van der Waals surface area contributed by atoms with Gasteiger partial charge in [-0.05, 0) is 43.6 Å². The predicted molar refractivity (Wildman–Crippen MR) is 139 cm³/mol. The molecule has 0 fully saturated rings. The van der Waals surface area contributed by atoms with Gasteiger partial charge in [0.2, 0.25) is 0 Å². The Balaban J connectivity index is 1.62. The van der Waals surface area contributed by atoms with Crippen LogP contribution in [0.5, 0.6) is 0 Å². The lowest BCUT2D eigenvalue weighted by molar-refractivity contribution is 0.0522. The van der Waals surface area contributed by atoms with E-state index in [2.05, 4.69) is 39.7 Å². The molecule has 5 aromatic rings. The number of rotatable bonds is 7. The number of azo groups is 1. The average Bonchev–Trinajstić information content (AvgIpc) is 3.59. The van der Waals surface area contributed by atoms with Crippen molar-refractivity contribution in [2.75, 3.05) is 13.2 Å². The van der Waals surface area contributed by atoms with Gasteiger partial charge in [-0.25, -0.2) is 23.9 Å². The Morgan fingerprint density at radius 2 is 1.89 bits per heavy atom. The van der Waals surface area contributed by atoms with Gasteiger partial charge in [0.15, 0.2) is 16.3 Å². The third-order valence-electron chi connectivity index (χ3n) is 5.57. The maximum Gasteiger partial charge on any atom is 0.352 e. The number of carbonyl (C=O) groups is 2. The van der Waals surface area contributed by atoms with Crippen molar-refractivity contribution in [3.8, 4) is 0 Å². The fourth-order valence-electron chi connectivity index (χ4n) is 3.81. The van der Waals surface area contributed by atoms with E-state index in [-0.39, 0.29) is 46.7 Å². The molecule has 13 nitrogen and oxygen atoms in total. The highest BCUT2D eigenvalue weighted by atomic mass is 32.1. The van der Waals surface area contributed by atoms with E-state index in [9.17, 15) is 9.59 Å². The zero-order valence-electron chi connectivity index (χ0n) is 20.8. The highest BCUT2D eigenvalue weighted by Gasteiger charge is 2.28. The lowest BCUT2D eigenvalue weighted by Gasteiger charge is -2.01. The number of carbonyl (C=O) groups excluding carboxylic acids is 2. The number of esters is 2. The molecular weight excluding hydrogens is 510 g/mol. The molecule has 0 atom stereocenters. The monoisotopic (exact) mass is 531 g/mol. The number of aromatic nitrogens is 6. The smallest absolute Gasteiger partial charge is 0.352 e. The zero-order valence-corrected chi connectivity index (χ0v) is 21.7. The summed E-state index contributed by atoms with van der Waals surface area (Å²) in [5.41, 5.74) is 2.09. The first-order chi connectivity index (χ1) is 18.4. The molecule has 0 saturated heterocycles. The third kappa shape index (κ3) is 4.12. The number of ether oxygens (including phenoxy) is 2. The van der Waals surface area contributed by atoms with Crippen molar-refractivity contribution in [2.45, 2.75) is 33.6 Å². The molecule has 1 N–H and O–H groups in total. The quantitative estimate of drug-likeness (QED) is 0.160. The second-order valence-corrected chi connectivity index (χ2v) is 9.11. The first-order valence-corrected chi connectivity index (χ1v) is 12.5. The molecule has 0 spiro atoms. The SMILES string of the molecule is [C-]#[N+]c1c(C(=O)OCC)c2nc(C(C)C)[nH]n2c1N=Nc1ccc2nnc3c(C(=O)OCC)snc3c2c1. The van der Waals surface area contributed by atoms with Crippen LogP contribution in [0.4, 0.5) is 17.2 Å². The number of aromatic amines is 1. The van der Waals surface area contributed by atoms with Gasteiger partial charge < -0.3 is 9.47 Å². The standard InChI is InChI=1S/C24H21N9O4S/c1-6-36-23(34)15-17(25-5)22(33-21(15)26-20(31-33)11(3)4)30-27-12-8-9-14-13(10-12)16-18(29-28-14)19(38-32-16)24(35)37-7-2/h8-11H,6-7H2,1-4H3,(H,26,31). The van der Waals surface area contributed by atoms with Crippen LogP contribution in [-0.4, -0.2) is 54.3 Å². The molecule has 0 radical (unpaired) electrons. The van der Waals surface area contributed by atoms with Gasteiger partial charge in [-0.1, -0.05) is 13.8 Å². The van der Waals surface area contributed by atoms with E-state index in [1.54, 1.807) is 32.0 Å². The van der Waals surface area contributed by atoms with E-state index in [1.807, 2.05) is 13.8 Å². The minimum absolute atomic E-state index is 0.0196. The molecule has 0 aliphatic carbocycles. The van der Waals surface area contributed by atoms with E-state index in [0.717, 1.165) is 11.5 Å². The topological polar surface area (TPSA) is 153 Å². The first kappa shape index (κ1) is 24.9. The van der Waals surface area contributed by atoms with E-state index < -0.39 is 11.9 Å². The van der Waals surface area contributed by atoms with Crippen molar-refractivity contribution in [3.05, 3.63) is 45.9 Å². The summed E-state index contributed by atoms with van der Waals surface area (Å²) in [4.78, 5) is 33.3. The highest BCUT2D eigenvalue weighted by molar-refractivity contribution is 7.09. The molecule has 5 rings (SSSR count). The summed E-state index contributed by atoms with van der Waals surface area (Å²) in [5.74, 6) is -0.398. The maximum atomic E-state index is 12.7. The van der Waals surface area contributed by atoms with Crippen molar-refractivity contribution in [3.63, 3.8) is 0 Å². The molecule has 38 heavy (non-hydrogen) atoms. The molecule has 0 amide bonds. The summed E-state index contributed by atoms with van der Waals surface area (Å²) in [6, 6.07) is 5.11. The first-order valence-electron chi connectivity index (χ1n) is 11.7. The molecule has 0 unspecified atom stereocenters. The van der Waals surface area contributed by atoms with Gasteiger partial charge >= 0.3 is 11.9 Å². The fraction of sp³-hybridized carbons (Fsp3) is 0.292. The number of nitrogens with zero attached hydrogens (tertiary/aromatic N) is 8. The lowest BCUT2D eigenvalue weighted by Crippen LogP contribution is -2.04. The van der Waals surface area contributed by atoms with Crippen LogP contribution in [0.1, 0.15) is 59.5 Å². The van der Waals surface area contributed by atoms with E-state index in [1.165, 1.54) is 4.52 Å². The molecule has 0 bridgehead atoms. The maximum absolute atomic E-state index is 12.7. The summed E-state index contributed by atoms with van der Waals surface area (Å²) >= 11 is 0.990. The third-order valence-corrected chi connectivity index (χ3v) is 6.38. The number of nitrogens with one attached hydrogen (secondary N) is 1. The van der Waals surface area contributed by atoms with E-state index in [0.29, 0.717) is 33.4 Å². The minimum atomic E-state index is -0.660. The van der Waals surface area contributed by atoms with Crippen LogP contribution in [0.3, 0.4) is 0 Å². The Morgan fingerprint density at radius 1 is 1.13 bits per heavy atom. The van der Waals surface area contributed by atoms with Gasteiger partial charge in [-0.3, -0.25) is 5.10 Å². The normalized spacial score (nSPS) is 11.7. The number of hydrogen-bond donors (Lipinski definition) is 1. The van der Waals surface area contributed by atoms with Crippen LogP contribution in [0, 0.1) is 6.57 Å². The number of fused-ring (bicyclic) bond motifs is 4. The summed E-state index contributed by atoms with van der Waals surface area (Å²) in [6.07, 6.45) is 0. The summed E-state index contributed by atoms with van der Waals surface area (Å²) in [7, 11) is 0. The summed E-state index contributed by atoms with van der Waals surface area (Å²) < 4.78 is 16.1. The summed E-state index contributed by atoms with van der Waals surface area (Å²) in [5, 5.41) is 20.7. The average molecular weight is 532 g/mol. The zero-order chi connectivity index (χ0) is 27.0. The number of H-pyrrole nitrogens is 1. The molecule has 4 heterocycles. The van der Waals surface area contributed by atoms with Gasteiger partial charge in [-0.2, -0.15) is 9.49 Å². The number of hydrogen-bond acceptors (Lipinski definition) is 11. The largest absolute Gasteiger partial charge is 0.463 e. The van der Waals surface area contributed by atoms with Crippen molar-refractivity contribution < 1.29 is 19.1 Å². The molecule has 1 aromatic carbocycles. The molecule has 0 aliphatic heterocycles. The molecular formula is C24H21N9O4S. The van der Waals surface area contributed by atoms with Crippen LogP contribution < -0.4 is 0 Å². The molecule has 192 valence electrons. The molecule has 4 aromatic heterocycles. The fourth-order valence-corrected chi connectivity index (χ4v) is 4.53. The van der Waals surface area contributed by atoms with Gasteiger partial charge in [0.05, 0.1) is 31.0 Å². The van der Waals surface area contributed by atoms with Crippen LogP contribution >= 0.6 is 11.5 Å². The molecule has 0 saturated carbocycles. The van der Waals surface area contributed by atoms with Gasteiger partial charge in [0.1, 0.15) is 22.4 Å². The van der Waals surface area contributed by atoms with Crippen molar-refractivity contribution >= 4 is 68.2 Å². The minimum Gasteiger partial charge on any atom is -0.463 e. The highest BCUT2D eigenvalue weighted by Crippen LogP contribution is 2.39. The second kappa shape index (κ2) is 9.94. The Kier molecular flexibility index (Phi) is 6.52. The second-order valence-electron chi connectivity index (χ2n) is 8.33. The van der Waals surface area contributed by atoms with E-state index in [4.69, 9.17) is 16.0 Å². The van der Waals surface area contributed by atoms with Crippen LogP contribution in [0.2, 0.25) is 0 Å². The van der Waals surface area contributed by atoms with Crippen molar-refractivity contribution in [1.29, 1.82) is 0 Å². The predicted octanol–water partition coefficient (Wildman–Crippen LogP) is 5.66. The molecule has 14 heteroatoms. The van der Waals surface area contributed by atoms with Crippen LogP contribution in [0.15, 0.2) is 28.4 Å². The van der Waals surface area contributed by atoms with Crippen molar-refractivity contribution in [2.24, 2.45) is 10.2 Å². The van der Waals surface area contributed by atoms with Crippen LogP contribution in [0.25, 0.3) is 32.4 Å². The Hall–Kier alpha value is -4.77. The lowest BCUT2D eigenvalue weighted by atomic mass is 10.2. The van der Waals surface area contributed by atoms with Gasteiger partial charge in [0.25, 0.3) is 5.69 Å². The van der Waals surface area contributed by atoms with Crippen LogP contribution in [-0.2, 0) is 9.47 Å². The van der Waals surface area contributed by atoms with Gasteiger partial charge in [-0.15, -0.1) is 15.3 Å². The Bertz CT molecular complexity index is 1790.